The predicted octanol–water partition coefficient (Wildman–Crippen LogP) is 1.09. The molecule has 0 unspecified atom stereocenters. The number of hydrogen-bond donors (Lipinski definition) is 1. The number of aromatic nitrogens is 1. The van der Waals surface area contributed by atoms with Gasteiger partial charge in [-0.15, -0.1) is 0 Å². The van der Waals surface area contributed by atoms with E-state index in [2.05, 4.69) is 4.98 Å². The minimum atomic E-state index is -0.550. The summed E-state index contributed by atoms with van der Waals surface area (Å²) in [6.07, 6.45) is 1.33. The van der Waals surface area contributed by atoms with Gasteiger partial charge < -0.3 is 14.7 Å². The fraction of sp³-hybridized carbons (Fsp3) is 0.500. The topological polar surface area (TPSA) is 88.7 Å². The lowest BCUT2D eigenvalue weighted by Crippen LogP contribution is -2.31. The molecule has 0 aliphatic carbocycles. The normalized spacial score (nSPS) is 10.4. The molecular formula is C10H14ClN3O4. The monoisotopic (exact) mass is 275 g/mol. The molecule has 0 bridgehead atoms. The molecule has 0 radical (unpaired) electrons. The summed E-state index contributed by atoms with van der Waals surface area (Å²) in [5.74, 6) is 0.176. The maximum Gasteiger partial charge on any atom is 0.313 e. The minimum absolute atomic E-state index is 0.134. The van der Waals surface area contributed by atoms with Crippen molar-refractivity contribution in [2.75, 3.05) is 38.3 Å². The van der Waals surface area contributed by atoms with Crippen molar-refractivity contribution in [2.24, 2.45) is 0 Å². The zero-order valence-electron chi connectivity index (χ0n) is 9.87. The van der Waals surface area contributed by atoms with Gasteiger partial charge in [0, 0.05) is 32.5 Å². The van der Waals surface area contributed by atoms with Gasteiger partial charge in [-0.25, -0.2) is 4.98 Å². The molecule has 1 heterocycles. The fourth-order valence-electron chi connectivity index (χ4n) is 1.45. The Morgan fingerprint density at radius 1 is 1.61 bits per heavy atom. The summed E-state index contributed by atoms with van der Waals surface area (Å²) in [4.78, 5) is 15.9. The third-order valence-electron chi connectivity index (χ3n) is 2.25. The van der Waals surface area contributed by atoms with Crippen molar-refractivity contribution < 1.29 is 14.8 Å². The second-order valence-electron chi connectivity index (χ2n) is 3.46. The highest BCUT2D eigenvalue weighted by atomic mass is 35.5. The number of anilines is 1. The van der Waals surface area contributed by atoms with E-state index >= 15 is 0 Å². The first-order valence-corrected chi connectivity index (χ1v) is 5.62. The molecule has 1 aromatic rings. The average Bonchev–Trinajstić information content (AvgIpc) is 2.34. The van der Waals surface area contributed by atoms with Gasteiger partial charge in [0.05, 0.1) is 23.2 Å². The molecule has 1 N–H and O–H groups in total. The SMILES string of the molecule is COCCN(CCO)c1ncc(Cl)cc1[N+](=O)[O-]. The van der Waals surface area contributed by atoms with Crippen molar-refractivity contribution in [3.8, 4) is 0 Å². The standard InChI is InChI=1S/C10H14ClN3O4/c1-18-5-3-13(2-4-15)10-9(14(16)17)6-8(11)7-12-10/h6-7,15H,2-5H2,1H3. The summed E-state index contributed by atoms with van der Waals surface area (Å²) in [6.45, 7) is 0.873. The highest BCUT2D eigenvalue weighted by Crippen LogP contribution is 2.27. The third-order valence-corrected chi connectivity index (χ3v) is 2.45. The Hall–Kier alpha value is -1.44. The Kier molecular flexibility index (Phi) is 5.76. The van der Waals surface area contributed by atoms with Gasteiger partial charge in [0.2, 0.25) is 5.82 Å². The molecule has 0 amide bonds. The lowest BCUT2D eigenvalue weighted by atomic mass is 10.3. The molecule has 0 saturated heterocycles. The number of pyridine rings is 1. The van der Waals surface area contributed by atoms with Crippen LogP contribution in [0.1, 0.15) is 0 Å². The van der Waals surface area contributed by atoms with Crippen LogP contribution in [0.25, 0.3) is 0 Å². The number of aliphatic hydroxyl groups is 1. The Morgan fingerprint density at radius 2 is 2.33 bits per heavy atom. The first-order valence-electron chi connectivity index (χ1n) is 5.24. The van der Waals surface area contributed by atoms with Gasteiger partial charge in [0.1, 0.15) is 0 Å². The van der Waals surface area contributed by atoms with E-state index in [9.17, 15) is 10.1 Å². The first-order chi connectivity index (χ1) is 8.60. The molecule has 0 fully saturated rings. The van der Waals surface area contributed by atoms with Gasteiger partial charge in [0.25, 0.3) is 0 Å². The quantitative estimate of drug-likeness (QED) is 0.592. The van der Waals surface area contributed by atoms with E-state index in [1.54, 1.807) is 4.90 Å². The second-order valence-corrected chi connectivity index (χ2v) is 3.89. The molecule has 0 aliphatic heterocycles. The molecule has 0 aliphatic rings. The summed E-state index contributed by atoms with van der Waals surface area (Å²) in [7, 11) is 1.53. The molecule has 0 spiro atoms. The van der Waals surface area contributed by atoms with E-state index in [1.165, 1.54) is 19.4 Å². The van der Waals surface area contributed by atoms with E-state index < -0.39 is 4.92 Å². The summed E-state index contributed by atoms with van der Waals surface area (Å²) in [6, 6.07) is 1.24. The number of methoxy groups -OCH3 is 1. The number of rotatable bonds is 7. The van der Waals surface area contributed by atoms with E-state index in [0.29, 0.717) is 13.2 Å². The van der Waals surface area contributed by atoms with Gasteiger partial charge in [-0.05, 0) is 0 Å². The lowest BCUT2D eigenvalue weighted by molar-refractivity contribution is -0.384. The van der Waals surface area contributed by atoms with E-state index in [4.69, 9.17) is 21.4 Å². The number of halogens is 1. The molecule has 7 nitrogen and oxygen atoms in total. The molecule has 18 heavy (non-hydrogen) atoms. The van der Waals surface area contributed by atoms with Crippen LogP contribution in [0.5, 0.6) is 0 Å². The van der Waals surface area contributed by atoms with Gasteiger partial charge >= 0.3 is 5.69 Å². The minimum Gasteiger partial charge on any atom is -0.395 e. The molecule has 8 heteroatoms. The van der Waals surface area contributed by atoms with Gasteiger partial charge in [-0.3, -0.25) is 10.1 Å². The van der Waals surface area contributed by atoms with Crippen molar-refractivity contribution in [1.29, 1.82) is 0 Å². The Morgan fingerprint density at radius 3 is 2.89 bits per heavy atom. The molecule has 100 valence electrons. The van der Waals surface area contributed by atoms with Crippen LogP contribution < -0.4 is 4.90 Å². The number of nitro groups is 1. The maximum absolute atomic E-state index is 10.9. The summed E-state index contributed by atoms with van der Waals surface area (Å²) >= 11 is 5.69. The van der Waals surface area contributed by atoms with Crippen LogP contribution in [-0.2, 0) is 4.74 Å². The van der Waals surface area contributed by atoms with Gasteiger partial charge in [-0.1, -0.05) is 11.6 Å². The van der Waals surface area contributed by atoms with Crippen LogP contribution in [0.4, 0.5) is 11.5 Å². The van der Waals surface area contributed by atoms with Crippen LogP contribution >= 0.6 is 11.6 Å². The highest BCUT2D eigenvalue weighted by Gasteiger charge is 2.21. The van der Waals surface area contributed by atoms with Crippen LogP contribution in [0.15, 0.2) is 12.3 Å². The molecule has 0 saturated carbocycles. The molecule has 1 aromatic heterocycles. The van der Waals surface area contributed by atoms with Crippen LogP contribution in [0, 0.1) is 10.1 Å². The Bertz CT molecular complexity index is 416. The highest BCUT2D eigenvalue weighted by molar-refractivity contribution is 6.30. The van der Waals surface area contributed by atoms with E-state index in [0.717, 1.165) is 0 Å². The second kappa shape index (κ2) is 7.10. The number of hydrogen-bond acceptors (Lipinski definition) is 6. The summed E-state index contributed by atoms with van der Waals surface area (Å²) in [5.41, 5.74) is -0.188. The molecule has 0 aromatic carbocycles. The van der Waals surface area contributed by atoms with Crippen molar-refractivity contribution in [2.45, 2.75) is 0 Å². The fourth-order valence-corrected chi connectivity index (χ4v) is 1.60. The summed E-state index contributed by atoms with van der Waals surface area (Å²) in [5, 5.41) is 20.1. The van der Waals surface area contributed by atoms with Crippen molar-refractivity contribution in [3.63, 3.8) is 0 Å². The zero-order valence-corrected chi connectivity index (χ0v) is 10.6. The summed E-state index contributed by atoms with van der Waals surface area (Å²) < 4.78 is 4.92. The van der Waals surface area contributed by atoms with Crippen molar-refractivity contribution in [3.05, 3.63) is 27.4 Å². The first kappa shape index (κ1) is 14.6. The third kappa shape index (κ3) is 3.80. The molecule has 1 rings (SSSR count). The number of ether oxygens (including phenoxy) is 1. The van der Waals surface area contributed by atoms with Crippen LogP contribution in [0.3, 0.4) is 0 Å². The van der Waals surface area contributed by atoms with Crippen LogP contribution in [0.2, 0.25) is 5.02 Å². The lowest BCUT2D eigenvalue weighted by Gasteiger charge is -2.21. The largest absolute Gasteiger partial charge is 0.395 e. The zero-order chi connectivity index (χ0) is 13.5. The van der Waals surface area contributed by atoms with Crippen LogP contribution in [-0.4, -0.2) is 48.4 Å². The predicted molar refractivity (Wildman–Crippen MR) is 67.1 cm³/mol. The average molecular weight is 276 g/mol. The van der Waals surface area contributed by atoms with Crippen molar-refractivity contribution in [1.82, 2.24) is 4.98 Å². The molecular weight excluding hydrogens is 262 g/mol. The number of aliphatic hydroxyl groups excluding tert-OH is 1. The number of nitrogens with zero attached hydrogens (tertiary/aromatic N) is 3. The van der Waals surface area contributed by atoms with Crippen molar-refractivity contribution >= 4 is 23.1 Å². The van der Waals surface area contributed by atoms with E-state index in [-0.39, 0.29) is 29.7 Å². The molecule has 0 atom stereocenters. The Balaban J connectivity index is 3.05. The smallest absolute Gasteiger partial charge is 0.313 e. The Labute approximate surface area is 109 Å². The van der Waals surface area contributed by atoms with E-state index in [1.807, 2.05) is 0 Å². The van der Waals surface area contributed by atoms with Gasteiger partial charge in [-0.2, -0.15) is 0 Å². The maximum atomic E-state index is 10.9. The van der Waals surface area contributed by atoms with Gasteiger partial charge in [0.15, 0.2) is 0 Å².